The molecule has 0 aliphatic carbocycles. The van der Waals surface area contributed by atoms with E-state index in [2.05, 4.69) is 29.4 Å². The van der Waals surface area contributed by atoms with E-state index in [0.29, 0.717) is 55.3 Å². The third-order valence-electron chi connectivity index (χ3n) is 5.80. The van der Waals surface area contributed by atoms with Gasteiger partial charge in [0.1, 0.15) is 0 Å². The maximum Gasteiger partial charge on any atom is 0.337 e. The highest BCUT2D eigenvalue weighted by Crippen LogP contribution is 2.29. The van der Waals surface area contributed by atoms with Gasteiger partial charge in [0.2, 0.25) is 5.91 Å². The van der Waals surface area contributed by atoms with Crippen LogP contribution in [0.1, 0.15) is 47.4 Å². The van der Waals surface area contributed by atoms with Crippen LogP contribution in [0.15, 0.2) is 48.5 Å². The zero-order valence-electron chi connectivity index (χ0n) is 20.4. The van der Waals surface area contributed by atoms with Crippen molar-refractivity contribution >= 4 is 46.5 Å². The molecule has 2 N–H and O–H groups in total. The maximum atomic E-state index is 12.8. The fraction of sp³-hybridized carbons (Fsp3) is 0.385. The third-order valence-corrected chi connectivity index (χ3v) is 6.00. The third kappa shape index (κ3) is 7.26. The van der Waals surface area contributed by atoms with E-state index < -0.39 is 5.97 Å². The van der Waals surface area contributed by atoms with Crippen LogP contribution in [-0.4, -0.2) is 61.1 Å². The predicted molar refractivity (Wildman–Crippen MR) is 141 cm³/mol. The minimum absolute atomic E-state index is 0.00919. The van der Waals surface area contributed by atoms with Crippen LogP contribution in [0.5, 0.6) is 0 Å². The highest BCUT2D eigenvalue weighted by molar-refractivity contribution is 7.80. The summed E-state index contributed by atoms with van der Waals surface area (Å²) in [5, 5.41) is 5.95. The second kappa shape index (κ2) is 12.3. The fourth-order valence-electron chi connectivity index (χ4n) is 3.83. The Balaban J connectivity index is 1.71. The monoisotopic (exact) mass is 496 g/mol. The number of nitrogens with zero attached hydrogens (tertiary/aromatic N) is 2. The zero-order valence-corrected chi connectivity index (χ0v) is 21.2. The quantitative estimate of drug-likeness (QED) is 0.446. The van der Waals surface area contributed by atoms with Crippen molar-refractivity contribution in [3.63, 3.8) is 0 Å². The van der Waals surface area contributed by atoms with Crippen LogP contribution in [0.4, 0.5) is 11.4 Å². The van der Waals surface area contributed by atoms with Gasteiger partial charge in [-0.15, -0.1) is 0 Å². The van der Waals surface area contributed by atoms with Gasteiger partial charge in [0.15, 0.2) is 5.11 Å². The van der Waals surface area contributed by atoms with Crippen LogP contribution < -0.4 is 15.5 Å². The Hall–Kier alpha value is -3.46. The standard InChI is InChI=1S/C26H32N4O4S/c1-18(2)9-12-23(31)28-26(35)27-21-17-20(25(33)34-3)10-11-22(21)29-13-15-30(16-14-29)24(32)19-7-5-4-6-8-19/h4-8,10-11,17-18H,9,12-16H2,1-3H3,(H2,27,28,31,35). The van der Waals surface area contributed by atoms with Crippen LogP contribution in [0.2, 0.25) is 0 Å². The van der Waals surface area contributed by atoms with Gasteiger partial charge < -0.3 is 25.2 Å². The highest BCUT2D eigenvalue weighted by Gasteiger charge is 2.24. The highest BCUT2D eigenvalue weighted by atomic mass is 32.1. The molecule has 0 spiro atoms. The predicted octanol–water partition coefficient (Wildman–Crippen LogP) is 3.68. The first-order valence-corrected chi connectivity index (χ1v) is 12.1. The summed E-state index contributed by atoms with van der Waals surface area (Å²) in [5.41, 5.74) is 2.45. The Kier molecular flexibility index (Phi) is 9.19. The summed E-state index contributed by atoms with van der Waals surface area (Å²) < 4.78 is 4.86. The van der Waals surface area contributed by atoms with Crippen molar-refractivity contribution in [1.29, 1.82) is 0 Å². The lowest BCUT2D eigenvalue weighted by Crippen LogP contribution is -2.49. The van der Waals surface area contributed by atoms with Crippen LogP contribution >= 0.6 is 12.2 Å². The molecular weight excluding hydrogens is 464 g/mol. The molecule has 0 aromatic heterocycles. The number of carbonyl (C=O) groups is 3. The Morgan fingerprint density at radius 1 is 1.00 bits per heavy atom. The average molecular weight is 497 g/mol. The minimum atomic E-state index is -0.468. The number of piperazine rings is 1. The molecule has 0 bridgehead atoms. The molecule has 2 amide bonds. The molecule has 1 aliphatic heterocycles. The van der Waals surface area contributed by atoms with E-state index in [9.17, 15) is 14.4 Å². The number of hydrogen-bond donors (Lipinski definition) is 2. The number of benzene rings is 2. The van der Waals surface area contributed by atoms with Crippen LogP contribution in [-0.2, 0) is 9.53 Å². The van der Waals surface area contributed by atoms with E-state index in [1.54, 1.807) is 12.1 Å². The van der Waals surface area contributed by atoms with Crippen molar-refractivity contribution < 1.29 is 19.1 Å². The molecule has 1 aliphatic rings. The number of anilines is 2. The number of nitrogens with one attached hydrogen (secondary N) is 2. The van der Waals surface area contributed by atoms with Crippen molar-refractivity contribution in [3.8, 4) is 0 Å². The summed E-state index contributed by atoms with van der Waals surface area (Å²) in [6, 6.07) is 14.4. The van der Waals surface area contributed by atoms with Gasteiger partial charge in [-0.2, -0.15) is 0 Å². The van der Waals surface area contributed by atoms with Crippen LogP contribution in [0.25, 0.3) is 0 Å². The number of hydrogen-bond acceptors (Lipinski definition) is 6. The number of esters is 1. The number of carbonyl (C=O) groups excluding carboxylic acids is 3. The van der Waals surface area contributed by atoms with Gasteiger partial charge in [-0.25, -0.2) is 4.79 Å². The normalized spacial score (nSPS) is 13.4. The van der Waals surface area contributed by atoms with Crippen molar-refractivity contribution in [2.45, 2.75) is 26.7 Å². The Morgan fingerprint density at radius 2 is 1.69 bits per heavy atom. The Bertz CT molecular complexity index is 1070. The first kappa shape index (κ1) is 26.2. The summed E-state index contributed by atoms with van der Waals surface area (Å²) in [6.07, 6.45) is 1.15. The second-order valence-electron chi connectivity index (χ2n) is 8.80. The zero-order chi connectivity index (χ0) is 25.4. The minimum Gasteiger partial charge on any atom is -0.465 e. The lowest BCUT2D eigenvalue weighted by Gasteiger charge is -2.37. The molecular formula is C26H32N4O4S. The maximum absolute atomic E-state index is 12.8. The summed E-state index contributed by atoms with van der Waals surface area (Å²) in [4.78, 5) is 41.1. The largest absolute Gasteiger partial charge is 0.465 e. The molecule has 0 unspecified atom stereocenters. The first-order chi connectivity index (χ1) is 16.8. The van der Waals surface area contributed by atoms with Crippen LogP contribution in [0, 0.1) is 5.92 Å². The SMILES string of the molecule is COC(=O)c1ccc(N2CCN(C(=O)c3ccccc3)CC2)c(NC(=S)NC(=O)CCC(C)C)c1. The average Bonchev–Trinajstić information content (AvgIpc) is 2.87. The van der Waals surface area contributed by atoms with Gasteiger partial charge >= 0.3 is 5.97 Å². The van der Waals surface area contributed by atoms with Gasteiger partial charge in [0.25, 0.3) is 5.91 Å². The van der Waals surface area contributed by atoms with E-state index in [-0.39, 0.29) is 16.9 Å². The van der Waals surface area contributed by atoms with E-state index in [0.717, 1.165) is 12.1 Å². The summed E-state index contributed by atoms with van der Waals surface area (Å²) in [7, 11) is 1.33. The lowest BCUT2D eigenvalue weighted by molar-refractivity contribution is -0.119. The lowest BCUT2D eigenvalue weighted by atomic mass is 10.1. The molecule has 3 rings (SSSR count). The smallest absolute Gasteiger partial charge is 0.337 e. The molecule has 0 saturated carbocycles. The van der Waals surface area contributed by atoms with Crippen molar-refractivity contribution in [1.82, 2.24) is 10.2 Å². The Labute approximate surface area is 211 Å². The number of thiocarbonyl (C=S) groups is 1. The van der Waals surface area contributed by atoms with E-state index in [1.807, 2.05) is 41.3 Å². The van der Waals surface area contributed by atoms with Crippen molar-refractivity contribution in [2.75, 3.05) is 43.5 Å². The Morgan fingerprint density at radius 3 is 2.31 bits per heavy atom. The van der Waals surface area contributed by atoms with Crippen LogP contribution in [0.3, 0.4) is 0 Å². The van der Waals surface area contributed by atoms with E-state index >= 15 is 0 Å². The van der Waals surface area contributed by atoms with Gasteiger partial charge in [-0.05, 0) is 54.9 Å². The van der Waals surface area contributed by atoms with Gasteiger partial charge in [-0.1, -0.05) is 32.0 Å². The van der Waals surface area contributed by atoms with Gasteiger partial charge in [-0.3, -0.25) is 9.59 Å². The number of methoxy groups -OCH3 is 1. The number of ether oxygens (including phenoxy) is 1. The molecule has 35 heavy (non-hydrogen) atoms. The number of amides is 2. The van der Waals surface area contributed by atoms with Gasteiger partial charge in [0.05, 0.1) is 24.0 Å². The second-order valence-corrected chi connectivity index (χ2v) is 9.21. The molecule has 9 heteroatoms. The van der Waals surface area contributed by atoms with Crippen molar-refractivity contribution in [3.05, 3.63) is 59.7 Å². The molecule has 2 aromatic carbocycles. The molecule has 0 atom stereocenters. The molecule has 0 radical (unpaired) electrons. The van der Waals surface area contributed by atoms with E-state index in [4.69, 9.17) is 17.0 Å². The molecule has 2 aromatic rings. The summed E-state index contributed by atoms with van der Waals surface area (Å²) in [5.74, 6) is -0.201. The molecule has 1 saturated heterocycles. The molecule has 1 heterocycles. The van der Waals surface area contributed by atoms with Gasteiger partial charge in [0, 0.05) is 38.2 Å². The summed E-state index contributed by atoms with van der Waals surface area (Å²) in [6.45, 7) is 6.45. The molecule has 8 nitrogen and oxygen atoms in total. The first-order valence-electron chi connectivity index (χ1n) is 11.7. The fourth-order valence-corrected chi connectivity index (χ4v) is 4.06. The number of rotatable bonds is 7. The molecule has 1 fully saturated rings. The van der Waals surface area contributed by atoms with Crippen molar-refractivity contribution in [2.24, 2.45) is 5.92 Å². The summed E-state index contributed by atoms with van der Waals surface area (Å²) >= 11 is 5.37. The van der Waals surface area contributed by atoms with E-state index in [1.165, 1.54) is 7.11 Å². The topological polar surface area (TPSA) is 91.0 Å². The molecule has 186 valence electrons.